The largest absolute Gasteiger partial charge is 0.465 e. The molecule has 2 fully saturated rings. The summed E-state index contributed by atoms with van der Waals surface area (Å²) in [6, 6.07) is -0.639. The topological polar surface area (TPSA) is 75.7 Å². The van der Waals surface area contributed by atoms with Crippen molar-refractivity contribution in [2.24, 2.45) is 11.8 Å². The van der Waals surface area contributed by atoms with Gasteiger partial charge in [0.1, 0.15) is 6.04 Å². The van der Waals surface area contributed by atoms with Crippen LogP contribution in [0.25, 0.3) is 0 Å². The summed E-state index contributed by atoms with van der Waals surface area (Å²) < 4.78 is 4.86. The number of esters is 1. The van der Waals surface area contributed by atoms with Gasteiger partial charge in [-0.25, -0.2) is 0 Å². The normalized spacial score (nSPS) is 28.0. The van der Waals surface area contributed by atoms with Gasteiger partial charge in [-0.2, -0.15) is 0 Å². The Balaban J connectivity index is 1.97. The van der Waals surface area contributed by atoms with Gasteiger partial charge in [-0.1, -0.05) is 0 Å². The molecule has 6 heteroatoms. The van der Waals surface area contributed by atoms with Gasteiger partial charge >= 0.3 is 5.97 Å². The van der Waals surface area contributed by atoms with E-state index in [1.165, 1.54) is 4.90 Å². The molecule has 6 nitrogen and oxygen atoms in total. The zero-order valence-electron chi connectivity index (χ0n) is 9.93. The SMILES string of the molecule is CCOC(=O)C(CN1C(=O)C2CC2C1=O)NC. The van der Waals surface area contributed by atoms with Gasteiger partial charge in [0.15, 0.2) is 0 Å². The van der Waals surface area contributed by atoms with Gasteiger partial charge in [-0.05, 0) is 20.4 Å². The number of nitrogens with zero attached hydrogens (tertiary/aromatic N) is 1. The lowest BCUT2D eigenvalue weighted by Gasteiger charge is -2.22. The van der Waals surface area contributed by atoms with Crippen LogP contribution < -0.4 is 5.32 Å². The fourth-order valence-electron chi connectivity index (χ4n) is 2.14. The average Bonchev–Trinajstić information content (AvgIpc) is 3.04. The van der Waals surface area contributed by atoms with E-state index >= 15 is 0 Å². The monoisotopic (exact) mass is 240 g/mol. The van der Waals surface area contributed by atoms with Crippen molar-refractivity contribution < 1.29 is 19.1 Å². The molecule has 1 saturated heterocycles. The Morgan fingerprint density at radius 2 is 2.06 bits per heavy atom. The number of ether oxygens (including phenoxy) is 1. The van der Waals surface area contributed by atoms with E-state index in [0.29, 0.717) is 6.42 Å². The number of carbonyl (C=O) groups excluding carboxylic acids is 3. The second-order valence-corrected chi connectivity index (χ2v) is 4.33. The van der Waals surface area contributed by atoms with E-state index < -0.39 is 12.0 Å². The quantitative estimate of drug-likeness (QED) is 0.500. The van der Waals surface area contributed by atoms with E-state index in [9.17, 15) is 14.4 Å². The Bertz CT molecular complexity index is 348. The fraction of sp³-hybridized carbons (Fsp3) is 0.727. The summed E-state index contributed by atoms with van der Waals surface area (Å²) in [4.78, 5) is 36.1. The molecular weight excluding hydrogens is 224 g/mol. The molecule has 0 aromatic heterocycles. The second kappa shape index (κ2) is 4.44. The van der Waals surface area contributed by atoms with Gasteiger partial charge in [0.2, 0.25) is 11.8 Å². The molecule has 17 heavy (non-hydrogen) atoms. The number of amides is 2. The molecule has 1 heterocycles. The van der Waals surface area contributed by atoms with Crippen LogP contribution in [0.1, 0.15) is 13.3 Å². The summed E-state index contributed by atoms with van der Waals surface area (Å²) in [5.74, 6) is -0.977. The lowest BCUT2D eigenvalue weighted by Crippen LogP contribution is -2.48. The number of fused-ring (bicyclic) bond motifs is 1. The molecule has 0 bridgehead atoms. The maximum Gasteiger partial charge on any atom is 0.324 e. The lowest BCUT2D eigenvalue weighted by molar-refractivity contribution is -0.148. The molecule has 1 aliphatic heterocycles. The highest BCUT2D eigenvalue weighted by atomic mass is 16.5. The maximum atomic E-state index is 11.7. The number of piperidine rings is 1. The maximum absolute atomic E-state index is 11.7. The van der Waals surface area contributed by atoms with E-state index in [-0.39, 0.29) is 36.8 Å². The first-order valence-electron chi connectivity index (χ1n) is 5.79. The minimum atomic E-state index is -0.639. The van der Waals surface area contributed by atoms with E-state index in [1.54, 1.807) is 14.0 Å². The molecule has 94 valence electrons. The third kappa shape index (κ3) is 2.04. The van der Waals surface area contributed by atoms with Crippen LogP contribution in [0.2, 0.25) is 0 Å². The lowest BCUT2D eigenvalue weighted by atomic mass is 10.2. The van der Waals surface area contributed by atoms with E-state index in [4.69, 9.17) is 4.74 Å². The smallest absolute Gasteiger partial charge is 0.324 e. The molecule has 0 spiro atoms. The number of nitrogens with one attached hydrogen (secondary N) is 1. The first kappa shape index (κ1) is 12.0. The molecule has 2 amide bonds. The zero-order valence-corrected chi connectivity index (χ0v) is 9.93. The highest BCUT2D eigenvalue weighted by Crippen LogP contribution is 2.46. The molecule has 3 unspecified atom stereocenters. The number of rotatable bonds is 5. The second-order valence-electron chi connectivity index (χ2n) is 4.33. The number of likely N-dealkylation sites (tertiary alicyclic amines) is 1. The Kier molecular flexibility index (Phi) is 3.15. The summed E-state index contributed by atoms with van der Waals surface area (Å²) >= 11 is 0. The van der Waals surface area contributed by atoms with Crippen LogP contribution in [-0.4, -0.2) is 48.9 Å². The number of likely N-dealkylation sites (N-methyl/N-ethyl adjacent to an activating group) is 1. The molecule has 3 atom stereocenters. The van der Waals surface area contributed by atoms with E-state index in [1.807, 2.05) is 0 Å². The molecular formula is C11H16N2O4. The summed E-state index contributed by atoms with van der Waals surface area (Å²) in [7, 11) is 1.60. The van der Waals surface area contributed by atoms with Gasteiger partial charge in [-0.15, -0.1) is 0 Å². The molecule has 2 aliphatic rings. The van der Waals surface area contributed by atoms with Crippen molar-refractivity contribution >= 4 is 17.8 Å². The number of hydrogen-bond acceptors (Lipinski definition) is 5. The highest BCUT2D eigenvalue weighted by Gasteiger charge is 2.59. The summed E-state index contributed by atoms with van der Waals surface area (Å²) in [6.07, 6.45) is 0.678. The van der Waals surface area contributed by atoms with Crippen LogP contribution in [-0.2, 0) is 19.1 Å². The number of imide groups is 1. The third-order valence-electron chi connectivity index (χ3n) is 3.24. The van der Waals surface area contributed by atoms with Crippen LogP contribution >= 0.6 is 0 Å². The molecule has 2 rings (SSSR count). The van der Waals surface area contributed by atoms with Crippen molar-refractivity contribution in [2.75, 3.05) is 20.2 Å². The van der Waals surface area contributed by atoms with Crippen LogP contribution in [0, 0.1) is 11.8 Å². The predicted molar refractivity (Wildman–Crippen MR) is 57.8 cm³/mol. The first-order chi connectivity index (χ1) is 8.10. The zero-order chi connectivity index (χ0) is 12.6. The van der Waals surface area contributed by atoms with Crippen molar-refractivity contribution in [1.29, 1.82) is 0 Å². The summed E-state index contributed by atoms with van der Waals surface area (Å²) in [6.45, 7) is 2.07. The van der Waals surface area contributed by atoms with Crippen molar-refractivity contribution in [1.82, 2.24) is 10.2 Å². The molecule has 0 aromatic rings. The third-order valence-corrected chi connectivity index (χ3v) is 3.24. The van der Waals surface area contributed by atoms with Gasteiger partial charge in [0.25, 0.3) is 0 Å². The average molecular weight is 240 g/mol. The number of hydrogen-bond donors (Lipinski definition) is 1. The molecule has 0 radical (unpaired) electrons. The Morgan fingerprint density at radius 1 is 1.47 bits per heavy atom. The van der Waals surface area contributed by atoms with Crippen LogP contribution in [0.3, 0.4) is 0 Å². The van der Waals surface area contributed by atoms with Crippen molar-refractivity contribution in [3.63, 3.8) is 0 Å². The molecule has 1 aliphatic carbocycles. The van der Waals surface area contributed by atoms with Gasteiger partial charge in [0.05, 0.1) is 25.0 Å². The van der Waals surface area contributed by atoms with Crippen molar-refractivity contribution in [3.05, 3.63) is 0 Å². The Labute approximate surface area is 99.3 Å². The van der Waals surface area contributed by atoms with Crippen molar-refractivity contribution in [3.8, 4) is 0 Å². The Morgan fingerprint density at radius 3 is 2.53 bits per heavy atom. The number of carbonyl (C=O) groups is 3. The predicted octanol–water partition coefficient (Wildman–Crippen LogP) is -0.858. The van der Waals surface area contributed by atoms with Crippen LogP contribution in [0.5, 0.6) is 0 Å². The van der Waals surface area contributed by atoms with Crippen molar-refractivity contribution in [2.45, 2.75) is 19.4 Å². The van der Waals surface area contributed by atoms with Gasteiger partial charge < -0.3 is 10.1 Å². The van der Waals surface area contributed by atoms with E-state index in [0.717, 1.165) is 0 Å². The van der Waals surface area contributed by atoms with Gasteiger partial charge in [-0.3, -0.25) is 19.3 Å². The summed E-state index contributed by atoms with van der Waals surface area (Å²) in [5, 5.41) is 2.76. The fourth-order valence-corrected chi connectivity index (χ4v) is 2.14. The molecule has 1 saturated carbocycles. The summed E-state index contributed by atoms with van der Waals surface area (Å²) in [5.41, 5.74) is 0. The molecule has 1 N–H and O–H groups in total. The minimum absolute atomic E-state index is 0.0694. The highest BCUT2D eigenvalue weighted by molar-refractivity contribution is 6.09. The van der Waals surface area contributed by atoms with Gasteiger partial charge in [0, 0.05) is 0 Å². The van der Waals surface area contributed by atoms with Crippen LogP contribution in [0.4, 0.5) is 0 Å². The first-order valence-corrected chi connectivity index (χ1v) is 5.79. The van der Waals surface area contributed by atoms with E-state index in [2.05, 4.69) is 5.32 Å². The minimum Gasteiger partial charge on any atom is -0.465 e. The Hall–Kier alpha value is -1.43. The standard InChI is InChI=1S/C11H16N2O4/c1-3-17-11(16)8(12-2)5-13-9(14)6-4-7(6)10(13)15/h6-8,12H,3-5H2,1-2H3. The molecule has 0 aromatic carbocycles. The van der Waals surface area contributed by atoms with Crippen LogP contribution in [0.15, 0.2) is 0 Å².